The van der Waals surface area contributed by atoms with Gasteiger partial charge in [-0.05, 0) is 6.26 Å². The lowest BCUT2D eigenvalue weighted by Gasteiger charge is -2.10. The van der Waals surface area contributed by atoms with Crippen LogP contribution >= 0.6 is 35.0 Å². The molecule has 0 radical (unpaired) electrons. The number of nitrogens with one attached hydrogen (secondary N) is 1. The highest BCUT2D eigenvalue weighted by Crippen LogP contribution is 2.33. The van der Waals surface area contributed by atoms with Gasteiger partial charge < -0.3 is 10.4 Å². The zero-order valence-corrected chi connectivity index (χ0v) is 12.1. The number of aromatic hydroxyl groups is 1. The fraction of sp³-hybridized carbons (Fsp3) is 0.300. The number of hydrogen-bond donors (Lipinski definition) is 2. The number of hydrogen-bond acceptors (Lipinski definition) is 6. The molecule has 9 heteroatoms. The normalized spacial score (nSPS) is 10.9. The Labute approximate surface area is 122 Å². The van der Waals surface area contributed by atoms with E-state index in [2.05, 4.69) is 20.3 Å². The second-order valence-electron chi connectivity index (χ2n) is 3.44. The summed E-state index contributed by atoms with van der Waals surface area (Å²) < 4.78 is 13.9. The Kier molecular flexibility index (Phi) is 4.49. The van der Waals surface area contributed by atoms with E-state index in [9.17, 15) is 9.50 Å². The van der Waals surface area contributed by atoms with Crippen molar-refractivity contribution in [2.45, 2.75) is 5.16 Å². The first-order valence-electron chi connectivity index (χ1n) is 5.18. The highest BCUT2D eigenvalue weighted by atomic mass is 35.5. The van der Waals surface area contributed by atoms with Gasteiger partial charge in [-0.2, -0.15) is 4.98 Å². The molecule has 2 aromatic heterocycles. The number of alkyl halides is 1. The van der Waals surface area contributed by atoms with Gasteiger partial charge in [-0.1, -0.05) is 23.4 Å². The Morgan fingerprint density at radius 1 is 1.37 bits per heavy atom. The molecule has 2 aromatic rings. The molecule has 0 atom stereocenters. The molecule has 0 aliphatic carbocycles. The Bertz CT molecular complexity index is 628. The minimum atomic E-state index is -0.791. The summed E-state index contributed by atoms with van der Waals surface area (Å²) in [6, 6.07) is 0. The van der Waals surface area contributed by atoms with Crippen molar-refractivity contribution in [1.29, 1.82) is 0 Å². The smallest absolute Gasteiger partial charge is 0.226 e. The number of fused-ring (bicyclic) bond motifs is 1. The van der Waals surface area contributed by atoms with E-state index in [1.54, 1.807) is 6.26 Å². The van der Waals surface area contributed by atoms with Crippen LogP contribution in [-0.4, -0.2) is 38.7 Å². The van der Waals surface area contributed by atoms with E-state index in [0.717, 1.165) is 0 Å². The lowest BCUT2D eigenvalue weighted by molar-refractivity contribution is 0.453. The first-order chi connectivity index (χ1) is 9.08. The predicted molar refractivity (Wildman–Crippen MR) is 75.0 cm³/mol. The molecule has 0 unspecified atom stereocenters. The number of pyridine rings is 1. The topological polar surface area (TPSA) is 70.9 Å². The lowest BCUT2D eigenvalue weighted by Crippen LogP contribution is -2.07. The van der Waals surface area contributed by atoms with E-state index in [0.29, 0.717) is 12.4 Å². The average molecular weight is 323 g/mol. The third-order valence-corrected chi connectivity index (χ3v) is 3.26. The molecule has 0 amide bonds. The van der Waals surface area contributed by atoms with Crippen LogP contribution in [0.3, 0.4) is 0 Å². The van der Waals surface area contributed by atoms with Gasteiger partial charge in [0, 0.05) is 12.4 Å². The Hall–Kier alpha value is -1.05. The van der Waals surface area contributed by atoms with Gasteiger partial charge in [0.1, 0.15) is 16.7 Å². The zero-order valence-electron chi connectivity index (χ0n) is 9.75. The first kappa shape index (κ1) is 14.4. The molecule has 0 aliphatic rings. The van der Waals surface area contributed by atoms with Gasteiger partial charge >= 0.3 is 0 Å². The maximum Gasteiger partial charge on any atom is 0.226 e. The standard InChI is InChI=1S/C10H9Cl2FN4OS/c1-19-10-15-6-4(9(18)17-10)8(14-3-2-11)16-7(12)5(6)13/h2-3H2,1H3,(H,14,16)(H,15,17,18). The molecule has 2 rings (SSSR count). The monoisotopic (exact) mass is 322 g/mol. The van der Waals surface area contributed by atoms with Crippen LogP contribution in [0.25, 0.3) is 10.9 Å². The minimum Gasteiger partial charge on any atom is -0.493 e. The van der Waals surface area contributed by atoms with Crippen LogP contribution in [0.4, 0.5) is 10.2 Å². The van der Waals surface area contributed by atoms with Crippen molar-refractivity contribution in [1.82, 2.24) is 15.0 Å². The Morgan fingerprint density at radius 2 is 2.11 bits per heavy atom. The van der Waals surface area contributed by atoms with Gasteiger partial charge in [0.15, 0.2) is 16.1 Å². The lowest BCUT2D eigenvalue weighted by atomic mass is 10.2. The fourth-order valence-electron chi connectivity index (χ4n) is 1.49. The van der Waals surface area contributed by atoms with Gasteiger partial charge in [-0.25, -0.2) is 14.4 Å². The van der Waals surface area contributed by atoms with Gasteiger partial charge in [0.05, 0.1) is 0 Å². The van der Waals surface area contributed by atoms with Crippen molar-refractivity contribution in [2.24, 2.45) is 0 Å². The molecule has 0 fully saturated rings. The van der Waals surface area contributed by atoms with E-state index < -0.39 is 5.82 Å². The number of rotatable bonds is 4. The number of aromatic nitrogens is 3. The molecule has 2 N–H and O–H groups in total. The second kappa shape index (κ2) is 5.94. The summed E-state index contributed by atoms with van der Waals surface area (Å²) in [6.45, 7) is 0.384. The highest BCUT2D eigenvalue weighted by Gasteiger charge is 2.19. The average Bonchev–Trinajstić information content (AvgIpc) is 2.40. The molecule has 102 valence electrons. The fourth-order valence-corrected chi connectivity index (χ4v) is 2.12. The molecule has 0 aromatic carbocycles. The third kappa shape index (κ3) is 2.77. The summed E-state index contributed by atoms with van der Waals surface area (Å²) in [5.74, 6) is -0.620. The van der Waals surface area contributed by atoms with Crippen LogP contribution in [0.15, 0.2) is 5.16 Å². The molecule has 5 nitrogen and oxygen atoms in total. The number of nitrogens with zero attached hydrogens (tertiary/aromatic N) is 3. The summed E-state index contributed by atoms with van der Waals surface area (Å²) in [5.41, 5.74) is -0.0751. The van der Waals surface area contributed by atoms with E-state index in [-0.39, 0.29) is 32.9 Å². The van der Waals surface area contributed by atoms with Gasteiger partial charge in [-0.3, -0.25) is 0 Å². The van der Waals surface area contributed by atoms with Crippen LogP contribution in [0.5, 0.6) is 5.88 Å². The zero-order chi connectivity index (χ0) is 14.0. The molecule has 0 saturated heterocycles. The minimum absolute atomic E-state index is 0.0751. The number of anilines is 1. The molecular weight excluding hydrogens is 314 g/mol. The highest BCUT2D eigenvalue weighted by molar-refractivity contribution is 7.98. The van der Waals surface area contributed by atoms with E-state index in [4.69, 9.17) is 23.2 Å². The van der Waals surface area contributed by atoms with E-state index in [1.165, 1.54) is 11.8 Å². The maximum absolute atomic E-state index is 13.9. The summed E-state index contributed by atoms with van der Waals surface area (Å²) >= 11 is 12.5. The molecular formula is C10H9Cl2FN4OS. The Balaban J connectivity index is 2.73. The summed E-state index contributed by atoms with van der Waals surface area (Å²) in [4.78, 5) is 11.7. The van der Waals surface area contributed by atoms with E-state index in [1.807, 2.05) is 0 Å². The van der Waals surface area contributed by atoms with Crippen molar-refractivity contribution in [3.05, 3.63) is 11.0 Å². The van der Waals surface area contributed by atoms with Crippen LogP contribution in [0.1, 0.15) is 0 Å². The molecule has 2 heterocycles. The molecule has 19 heavy (non-hydrogen) atoms. The molecule has 0 saturated carbocycles. The van der Waals surface area contributed by atoms with Crippen LogP contribution in [0.2, 0.25) is 5.15 Å². The molecule has 0 spiro atoms. The quantitative estimate of drug-likeness (QED) is 0.390. The summed E-state index contributed by atoms with van der Waals surface area (Å²) in [5, 5.41) is 12.7. The van der Waals surface area contributed by atoms with Crippen LogP contribution in [-0.2, 0) is 0 Å². The Morgan fingerprint density at radius 3 is 2.74 bits per heavy atom. The molecule has 0 bridgehead atoms. The summed E-state index contributed by atoms with van der Waals surface area (Å²) in [6.07, 6.45) is 1.72. The third-order valence-electron chi connectivity index (χ3n) is 2.27. The van der Waals surface area contributed by atoms with Crippen molar-refractivity contribution in [3.63, 3.8) is 0 Å². The SMILES string of the molecule is CSc1nc(O)c2c(NCCCl)nc(Cl)c(F)c2n1. The van der Waals surface area contributed by atoms with Crippen molar-refractivity contribution >= 4 is 51.7 Å². The largest absolute Gasteiger partial charge is 0.493 e. The van der Waals surface area contributed by atoms with Crippen LogP contribution < -0.4 is 5.32 Å². The number of halogens is 3. The molecule has 0 aliphatic heterocycles. The van der Waals surface area contributed by atoms with E-state index >= 15 is 0 Å². The van der Waals surface area contributed by atoms with Gasteiger partial charge in [0.25, 0.3) is 0 Å². The van der Waals surface area contributed by atoms with Gasteiger partial charge in [-0.15, -0.1) is 11.6 Å². The maximum atomic E-state index is 13.9. The van der Waals surface area contributed by atoms with Crippen molar-refractivity contribution in [2.75, 3.05) is 24.0 Å². The predicted octanol–water partition coefficient (Wildman–Crippen LogP) is 2.90. The first-order valence-corrected chi connectivity index (χ1v) is 7.31. The summed E-state index contributed by atoms with van der Waals surface area (Å²) in [7, 11) is 0. The van der Waals surface area contributed by atoms with Crippen LogP contribution in [0, 0.1) is 5.82 Å². The number of thioether (sulfide) groups is 1. The second-order valence-corrected chi connectivity index (χ2v) is 4.95. The van der Waals surface area contributed by atoms with Crippen molar-refractivity contribution in [3.8, 4) is 5.88 Å². The van der Waals surface area contributed by atoms with Crippen molar-refractivity contribution < 1.29 is 9.50 Å². The van der Waals surface area contributed by atoms with Gasteiger partial charge in [0.2, 0.25) is 5.88 Å².